The monoisotopic (exact) mass is 389 g/mol. The van der Waals surface area contributed by atoms with Gasteiger partial charge in [0.25, 0.3) is 0 Å². The van der Waals surface area contributed by atoms with Gasteiger partial charge in [-0.05, 0) is 42.6 Å². The van der Waals surface area contributed by atoms with Crippen LogP contribution in [0.3, 0.4) is 0 Å². The van der Waals surface area contributed by atoms with Crippen LogP contribution in [0.5, 0.6) is 11.6 Å². The summed E-state index contributed by atoms with van der Waals surface area (Å²) >= 11 is 0. The summed E-state index contributed by atoms with van der Waals surface area (Å²) in [6.07, 6.45) is 0. The summed E-state index contributed by atoms with van der Waals surface area (Å²) in [6.45, 7) is 4.30. The molecule has 146 valence electrons. The molecule has 2 aliphatic rings. The number of methoxy groups -OCH3 is 2. The Balaban J connectivity index is 0.00000210. The highest BCUT2D eigenvalue weighted by atomic mass is 35.5. The van der Waals surface area contributed by atoms with Crippen molar-refractivity contribution in [2.45, 2.75) is 12.6 Å². The van der Waals surface area contributed by atoms with Gasteiger partial charge in [-0.2, -0.15) is 0 Å². The van der Waals surface area contributed by atoms with E-state index < -0.39 is 0 Å². The van der Waals surface area contributed by atoms with Crippen LogP contribution in [-0.4, -0.2) is 55.7 Å². The Hall–Kier alpha value is -1.82. The van der Waals surface area contributed by atoms with E-state index in [0.717, 1.165) is 43.5 Å². The van der Waals surface area contributed by atoms with Crippen LogP contribution in [0.15, 0.2) is 42.5 Å². The minimum absolute atomic E-state index is 0. The molecule has 6 heteroatoms. The molecule has 1 aromatic heterocycles. The fourth-order valence-corrected chi connectivity index (χ4v) is 4.67. The maximum absolute atomic E-state index is 5.31. The van der Waals surface area contributed by atoms with Crippen molar-refractivity contribution < 1.29 is 9.47 Å². The van der Waals surface area contributed by atoms with Crippen molar-refractivity contribution in [3.05, 3.63) is 53.7 Å². The summed E-state index contributed by atoms with van der Waals surface area (Å²) in [5, 5.41) is 0. The Kier molecular flexibility index (Phi) is 6.25. The number of likely N-dealkylation sites (tertiary alicyclic amines) is 2. The molecule has 3 atom stereocenters. The van der Waals surface area contributed by atoms with Gasteiger partial charge in [-0.25, -0.2) is 4.98 Å². The summed E-state index contributed by atoms with van der Waals surface area (Å²) in [4.78, 5) is 9.63. The Morgan fingerprint density at radius 2 is 1.78 bits per heavy atom. The first-order chi connectivity index (χ1) is 12.7. The molecule has 3 heterocycles. The second-order valence-electron chi connectivity index (χ2n) is 7.45. The highest BCUT2D eigenvalue weighted by Gasteiger charge is 2.45. The molecule has 2 aromatic rings. The van der Waals surface area contributed by atoms with E-state index in [1.807, 2.05) is 12.1 Å². The lowest BCUT2D eigenvalue weighted by Gasteiger charge is -2.27. The second-order valence-corrected chi connectivity index (χ2v) is 7.45. The topological polar surface area (TPSA) is 37.8 Å². The number of hydrogen-bond donors (Lipinski definition) is 0. The molecule has 27 heavy (non-hydrogen) atoms. The van der Waals surface area contributed by atoms with Gasteiger partial charge in [-0.15, -0.1) is 12.4 Å². The van der Waals surface area contributed by atoms with Crippen LogP contribution in [-0.2, 0) is 6.54 Å². The molecular weight excluding hydrogens is 362 g/mol. The van der Waals surface area contributed by atoms with Gasteiger partial charge in [0.2, 0.25) is 5.88 Å². The van der Waals surface area contributed by atoms with Crippen molar-refractivity contribution in [1.29, 1.82) is 0 Å². The molecule has 2 saturated heterocycles. The number of nitrogens with zero attached hydrogens (tertiary/aromatic N) is 3. The number of fused-ring (bicyclic) bond motifs is 1. The van der Waals surface area contributed by atoms with Crippen LogP contribution in [0, 0.1) is 11.8 Å². The molecule has 0 spiro atoms. The molecule has 0 amide bonds. The SMILES string of the molecule is COc1ccc([C@H]2[C@@H]3CN(Cc4cccc(OC)n4)C[C@@H]3CN2C)cc1.Cl. The standard InChI is InChI=1S/C21H27N3O2.ClH/c1-23-11-16-12-24(13-17-5-4-6-20(22-17)26-3)14-19(16)21(23)15-7-9-18(25-2)10-8-15;/h4-10,16,19,21H,11-14H2,1-3H3;1H/t16-,19+,21-;/m0./s1. The Labute approximate surface area is 167 Å². The van der Waals surface area contributed by atoms with E-state index in [0.29, 0.717) is 17.8 Å². The Morgan fingerprint density at radius 3 is 2.48 bits per heavy atom. The zero-order valence-electron chi connectivity index (χ0n) is 16.2. The summed E-state index contributed by atoms with van der Waals surface area (Å²) < 4.78 is 10.6. The molecule has 5 nitrogen and oxygen atoms in total. The van der Waals surface area contributed by atoms with E-state index in [-0.39, 0.29) is 12.4 Å². The molecule has 1 aromatic carbocycles. The number of ether oxygens (including phenoxy) is 2. The van der Waals surface area contributed by atoms with Gasteiger partial charge in [-0.3, -0.25) is 9.80 Å². The second kappa shape index (κ2) is 8.46. The van der Waals surface area contributed by atoms with E-state index in [4.69, 9.17) is 9.47 Å². The smallest absolute Gasteiger partial charge is 0.213 e. The molecule has 2 fully saturated rings. The first-order valence-corrected chi connectivity index (χ1v) is 9.24. The number of benzene rings is 1. The van der Waals surface area contributed by atoms with Crippen molar-refractivity contribution >= 4 is 12.4 Å². The van der Waals surface area contributed by atoms with Crippen LogP contribution in [0.1, 0.15) is 17.3 Å². The van der Waals surface area contributed by atoms with Crippen molar-refractivity contribution in [3.8, 4) is 11.6 Å². The normalized spacial score (nSPS) is 25.1. The molecule has 0 bridgehead atoms. The first kappa shape index (κ1) is 19.9. The molecule has 0 radical (unpaired) electrons. The van der Waals surface area contributed by atoms with Crippen molar-refractivity contribution in [1.82, 2.24) is 14.8 Å². The van der Waals surface area contributed by atoms with Crippen LogP contribution >= 0.6 is 12.4 Å². The first-order valence-electron chi connectivity index (χ1n) is 9.24. The fourth-order valence-electron chi connectivity index (χ4n) is 4.67. The maximum atomic E-state index is 5.31. The molecule has 2 aliphatic heterocycles. The summed E-state index contributed by atoms with van der Waals surface area (Å²) in [5.74, 6) is 3.00. The quantitative estimate of drug-likeness (QED) is 0.784. The van der Waals surface area contributed by atoms with Crippen LogP contribution < -0.4 is 9.47 Å². The van der Waals surface area contributed by atoms with E-state index in [9.17, 15) is 0 Å². The third-order valence-corrected chi connectivity index (χ3v) is 5.80. The van der Waals surface area contributed by atoms with E-state index >= 15 is 0 Å². The highest BCUT2D eigenvalue weighted by Crippen LogP contribution is 2.44. The fraction of sp³-hybridized carbons (Fsp3) is 0.476. The zero-order valence-corrected chi connectivity index (χ0v) is 17.0. The number of rotatable bonds is 5. The predicted octanol–water partition coefficient (Wildman–Crippen LogP) is 3.26. The minimum atomic E-state index is 0. The Morgan fingerprint density at radius 1 is 1.00 bits per heavy atom. The third-order valence-electron chi connectivity index (χ3n) is 5.80. The molecule has 0 unspecified atom stereocenters. The number of pyridine rings is 1. The van der Waals surface area contributed by atoms with Crippen LogP contribution in [0.2, 0.25) is 0 Å². The third kappa shape index (κ3) is 4.05. The van der Waals surface area contributed by atoms with Crippen molar-refractivity contribution in [3.63, 3.8) is 0 Å². The molecule has 0 saturated carbocycles. The molecular formula is C21H28ClN3O2. The van der Waals surface area contributed by atoms with Crippen LogP contribution in [0.25, 0.3) is 0 Å². The van der Waals surface area contributed by atoms with Crippen LogP contribution in [0.4, 0.5) is 0 Å². The minimum Gasteiger partial charge on any atom is -0.497 e. The highest BCUT2D eigenvalue weighted by molar-refractivity contribution is 5.85. The lowest BCUT2D eigenvalue weighted by Crippen LogP contribution is -2.29. The average molecular weight is 390 g/mol. The number of aromatic nitrogens is 1. The predicted molar refractivity (Wildman–Crippen MR) is 109 cm³/mol. The summed E-state index contributed by atoms with van der Waals surface area (Å²) in [6, 6.07) is 15.1. The lowest BCUT2D eigenvalue weighted by atomic mass is 9.89. The van der Waals surface area contributed by atoms with Gasteiger partial charge in [0.1, 0.15) is 5.75 Å². The average Bonchev–Trinajstić information content (AvgIpc) is 3.17. The van der Waals surface area contributed by atoms with Gasteiger partial charge in [0, 0.05) is 38.3 Å². The maximum Gasteiger partial charge on any atom is 0.213 e. The summed E-state index contributed by atoms with van der Waals surface area (Å²) in [5.41, 5.74) is 2.47. The Bertz CT molecular complexity index is 755. The van der Waals surface area contributed by atoms with Gasteiger partial charge < -0.3 is 9.47 Å². The largest absolute Gasteiger partial charge is 0.497 e. The van der Waals surface area contributed by atoms with E-state index in [2.05, 4.69) is 52.2 Å². The van der Waals surface area contributed by atoms with Crippen molar-refractivity contribution in [2.24, 2.45) is 11.8 Å². The number of halogens is 1. The van der Waals surface area contributed by atoms with Gasteiger partial charge >= 0.3 is 0 Å². The molecule has 0 aliphatic carbocycles. The number of hydrogen-bond acceptors (Lipinski definition) is 5. The molecule has 4 rings (SSSR count). The van der Waals surface area contributed by atoms with Gasteiger partial charge in [0.15, 0.2) is 0 Å². The molecule has 0 N–H and O–H groups in total. The zero-order chi connectivity index (χ0) is 18.1. The van der Waals surface area contributed by atoms with E-state index in [1.165, 1.54) is 5.56 Å². The summed E-state index contributed by atoms with van der Waals surface area (Å²) in [7, 11) is 5.64. The van der Waals surface area contributed by atoms with Gasteiger partial charge in [-0.1, -0.05) is 18.2 Å². The lowest BCUT2D eigenvalue weighted by molar-refractivity contribution is 0.223. The van der Waals surface area contributed by atoms with Gasteiger partial charge in [0.05, 0.1) is 19.9 Å². The van der Waals surface area contributed by atoms with E-state index in [1.54, 1.807) is 14.2 Å². The van der Waals surface area contributed by atoms with Crippen molar-refractivity contribution in [2.75, 3.05) is 40.9 Å².